The van der Waals surface area contributed by atoms with Crippen LogP contribution in [0, 0.1) is 0 Å². The van der Waals surface area contributed by atoms with Gasteiger partial charge >= 0.3 is 0 Å². The van der Waals surface area contributed by atoms with E-state index in [0.29, 0.717) is 25.8 Å². The number of amides is 1. The Balaban J connectivity index is 1.55. The van der Waals surface area contributed by atoms with Crippen LogP contribution in [0.25, 0.3) is 0 Å². The Bertz CT molecular complexity index is 482. The highest BCUT2D eigenvalue weighted by Crippen LogP contribution is 2.27. The van der Waals surface area contributed by atoms with Gasteiger partial charge in [-0.1, -0.05) is 18.2 Å². The van der Waals surface area contributed by atoms with Gasteiger partial charge in [0.2, 0.25) is 0 Å². The molecule has 0 spiro atoms. The van der Waals surface area contributed by atoms with E-state index in [1.807, 2.05) is 24.3 Å². The molecule has 1 heterocycles. The van der Waals surface area contributed by atoms with E-state index in [4.69, 9.17) is 9.47 Å². The summed E-state index contributed by atoms with van der Waals surface area (Å²) in [4.78, 5) is 12.1. The molecule has 2 fully saturated rings. The molecule has 1 aromatic rings. The smallest absolute Gasteiger partial charge is 0.250 e. The number of nitrogens with one attached hydrogen (secondary N) is 2. The van der Waals surface area contributed by atoms with E-state index in [1.165, 1.54) is 6.42 Å². The average molecular weight is 290 g/mol. The zero-order valence-electron chi connectivity index (χ0n) is 12.1. The summed E-state index contributed by atoms with van der Waals surface area (Å²) in [6.07, 6.45) is 3.45. The lowest BCUT2D eigenvalue weighted by atomic mass is 9.96. The van der Waals surface area contributed by atoms with Crippen molar-refractivity contribution < 1.29 is 14.3 Å². The molecule has 1 aliphatic heterocycles. The van der Waals surface area contributed by atoms with E-state index in [0.717, 1.165) is 30.7 Å². The molecule has 1 aliphatic carbocycles. The number of para-hydroxylation sites is 1. The molecule has 0 aromatic heterocycles. The molecule has 1 atom stereocenters. The van der Waals surface area contributed by atoms with Gasteiger partial charge in [0.25, 0.3) is 5.91 Å². The van der Waals surface area contributed by atoms with Gasteiger partial charge in [-0.15, -0.1) is 0 Å². The maximum atomic E-state index is 12.1. The van der Waals surface area contributed by atoms with Gasteiger partial charge < -0.3 is 20.1 Å². The van der Waals surface area contributed by atoms with Gasteiger partial charge in [-0.05, 0) is 25.3 Å². The van der Waals surface area contributed by atoms with Crippen molar-refractivity contribution in [3.8, 4) is 5.75 Å². The van der Waals surface area contributed by atoms with Crippen molar-refractivity contribution in [3.05, 3.63) is 29.8 Å². The van der Waals surface area contributed by atoms with Crippen LogP contribution in [0.3, 0.4) is 0 Å². The summed E-state index contributed by atoms with van der Waals surface area (Å²) in [6, 6.07) is 7.90. The summed E-state index contributed by atoms with van der Waals surface area (Å²) in [5.41, 5.74) is 1.02. The van der Waals surface area contributed by atoms with Crippen LogP contribution in [-0.2, 0) is 16.1 Å². The second-order valence-electron chi connectivity index (χ2n) is 5.56. The molecule has 5 nitrogen and oxygen atoms in total. The lowest BCUT2D eigenvalue weighted by Gasteiger charge is -2.27. The van der Waals surface area contributed by atoms with Crippen molar-refractivity contribution in [2.24, 2.45) is 0 Å². The summed E-state index contributed by atoms with van der Waals surface area (Å²) < 4.78 is 11.4. The van der Waals surface area contributed by atoms with E-state index >= 15 is 0 Å². The van der Waals surface area contributed by atoms with Crippen molar-refractivity contribution in [2.75, 3.05) is 19.7 Å². The predicted octanol–water partition coefficient (Wildman–Crippen LogP) is 1.22. The molecule has 3 rings (SSSR count). The maximum absolute atomic E-state index is 12.1. The van der Waals surface area contributed by atoms with Gasteiger partial charge in [0.15, 0.2) is 0 Å². The van der Waals surface area contributed by atoms with E-state index in [-0.39, 0.29) is 5.91 Å². The normalized spacial score (nSPS) is 22.4. The van der Waals surface area contributed by atoms with Crippen LogP contribution in [0.15, 0.2) is 24.3 Å². The fourth-order valence-corrected chi connectivity index (χ4v) is 2.46. The van der Waals surface area contributed by atoms with Crippen molar-refractivity contribution in [1.82, 2.24) is 10.6 Å². The molecule has 1 saturated heterocycles. The van der Waals surface area contributed by atoms with Crippen LogP contribution in [-0.4, -0.2) is 37.8 Å². The Morgan fingerprint density at radius 1 is 1.38 bits per heavy atom. The molecule has 0 radical (unpaired) electrons. The maximum Gasteiger partial charge on any atom is 0.250 e. The molecule has 0 bridgehead atoms. The van der Waals surface area contributed by atoms with Crippen LogP contribution in [0.4, 0.5) is 0 Å². The molecular weight excluding hydrogens is 268 g/mol. The third-order valence-electron chi connectivity index (χ3n) is 3.99. The van der Waals surface area contributed by atoms with Crippen LogP contribution < -0.4 is 15.4 Å². The molecule has 21 heavy (non-hydrogen) atoms. The molecule has 1 saturated carbocycles. The first kappa shape index (κ1) is 14.4. The van der Waals surface area contributed by atoms with Crippen LogP contribution in [0.5, 0.6) is 5.75 Å². The summed E-state index contributed by atoms with van der Waals surface area (Å²) in [5.74, 6) is 0.811. The molecule has 2 N–H and O–H groups in total. The molecule has 5 heteroatoms. The lowest BCUT2D eigenvalue weighted by molar-refractivity contribution is -0.134. The Kier molecular flexibility index (Phi) is 4.72. The van der Waals surface area contributed by atoms with E-state index < -0.39 is 6.10 Å². The Labute approximate surface area is 125 Å². The predicted molar refractivity (Wildman–Crippen MR) is 79.2 cm³/mol. The lowest BCUT2D eigenvalue weighted by Crippen LogP contribution is -2.47. The zero-order chi connectivity index (χ0) is 14.5. The molecule has 1 aromatic carbocycles. The standard InChI is InChI=1S/C16H22N2O3/c19-16(15-11-17-8-9-20-15)18-10-12-4-1-2-7-14(12)21-13-5-3-6-13/h1-2,4,7,13,15,17H,3,5-6,8-11H2,(H,18,19). The highest BCUT2D eigenvalue weighted by Gasteiger charge is 2.22. The monoisotopic (exact) mass is 290 g/mol. The highest BCUT2D eigenvalue weighted by atomic mass is 16.5. The van der Waals surface area contributed by atoms with Crippen molar-refractivity contribution in [2.45, 2.75) is 38.0 Å². The van der Waals surface area contributed by atoms with E-state index in [9.17, 15) is 4.79 Å². The largest absolute Gasteiger partial charge is 0.490 e. The minimum Gasteiger partial charge on any atom is -0.490 e. The fraction of sp³-hybridized carbons (Fsp3) is 0.562. The number of benzene rings is 1. The number of ether oxygens (including phenoxy) is 2. The number of rotatable bonds is 5. The number of hydrogen-bond donors (Lipinski definition) is 2. The third kappa shape index (κ3) is 3.74. The van der Waals surface area contributed by atoms with Crippen LogP contribution in [0.1, 0.15) is 24.8 Å². The molecule has 2 aliphatic rings. The summed E-state index contributed by atoms with van der Waals surface area (Å²) >= 11 is 0. The Morgan fingerprint density at radius 2 is 2.24 bits per heavy atom. The summed E-state index contributed by atoms with van der Waals surface area (Å²) in [5, 5.41) is 6.09. The average Bonchev–Trinajstić information content (AvgIpc) is 2.50. The number of carbonyl (C=O) groups excluding carboxylic acids is 1. The van der Waals surface area contributed by atoms with Crippen molar-refractivity contribution >= 4 is 5.91 Å². The summed E-state index contributed by atoms with van der Waals surface area (Å²) in [6.45, 7) is 2.44. The van der Waals surface area contributed by atoms with Crippen LogP contribution >= 0.6 is 0 Å². The second-order valence-corrected chi connectivity index (χ2v) is 5.56. The van der Waals surface area contributed by atoms with Gasteiger partial charge in [0.05, 0.1) is 12.7 Å². The minimum absolute atomic E-state index is 0.0688. The quantitative estimate of drug-likeness (QED) is 0.856. The van der Waals surface area contributed by atoms with Gasteiger partial charge in [0.1, 0.15) is 11.9 Å². The van der Waals surface area contributed by atoms with E-state index in [1.54, 1.807) is 0 Å². The van der Waals surface area contributed by atoms with Gasteiger partial charge in [-0.2, -0.15) is 0 Å². The Morgan fingerprint density at radius 3 is 2.95 bits per heavy atom. The minimum atomic E-state index is -0.390. The van der Waals surface area contributed by atoms with Gasteiger partial charge in [-0.25, -0.2) is 0 Å². The number of carbonyl (C=O) groups is 1. The highest BCUT2D eigenvalue weighted by molar-refractivity contribution is 5.81. The van der Waals surface area contributed by atoms with Crippen LogP contribution in [0.2, 0.25) is 0 Å². The van der Waals surface area contributed by atoms with Gasteiger partial charge in [0, 0.05) is 25.2 Å². The Hall–Kier alpha value is -1.59. The summed E-state index contributed by atoms with van der Waals surface area (Å²) in [7, 11) is 0. The first-order valence-corrected chi connectivity index (χ1v) is 7.67. The van der Waals surface area contributed by atoms with Crippen molar-refractivity contribution in [3.63, 3.8) is 0 Å². The topological polar surface area (TPSA) is 59.6 Å². The SMILES string of the molecule is O=C(NCc1ccccc1OC1CCC1)C1CNCCO1. The van der Waals surface area contributed by atoms with Gasteiger partial charge in [-0.3, -0.25) is 4.79 Å². The fourth-order valence-electron chi connectivity index (χ4n) is 2.46. The second kappa shape index (κ2) is 6.91. The number of morpholine rings is 1. The molecule has 1 unspecified atom stereocenters. The first-order valence-electron chi connectivity index (χ1n) is 7.67. The van der Waals surface area contributed by atoms with Crippen molar-refractivity contribution in [1.29, 1.82) is 0 Å². The third-order valence-corrected chi connectivity index (χ3v) is 3.99. The molecule has 114 valence electrons. The molecular formula is C16H22N2O3. The van der Waals surface area contributed by atoms with E-state index in [2.05, 4.69) is 10.6 Å². The zero-order valence-corrected chi connectivity index (χ0v) is 12.1. The number of hydrogen-bond acceptors (Lipinski definition) is 4. The first-order chi connectivity index (χ1) is 10.3. The molecule has 1 amide bonds.